The lowest BCUT2D eigenvalue weighted by atomic mass is 10.2. The van der Waals surface area contributed by atoms with Crippen LogP contribution in [-0.2, 0) is 4.79 Å². The lowest BCUT2D eigenvalue weighted by Gasteiger charge is -2.13. The van der Waals surface area contributed by atoms with Crippen molar-refractivity contribution in [2.45, 2.75) is 17.5 Å². The Labute approximate surface area is 90.9 Å². The maximum absolute atomic E-state index is 13.3. The van der Waals surface area contributed by atoms with Crippen molar-refractivity contribution in [2.24, 2.45) is 0 Å². The summed E-state index contributed by atoms with van der Waals surface area (Å²) in [6.45, 7) is 1.03. The summed E-state index contributed by atoms with van der Waals surface area (Å²) in [6, 6.07) is 6.16. The van der Waals surface area contributed by atoms with Gasteiger partial charge in [0.2, 0.25) is 5.67 Å². The lowest BCUT2D eigenvalue weighted by molar-refractivity contribution is -0.148. The summed E-state index contributed by atoms with van der Waals surface area (Å²) < 4.78 is 13.3. The molecule has 0 heterocycles. The van der Waals surface area contributed by atoms with Crippen molar-refractivity contribution in [3.05, 3.63) is 24.3 Å². The van der Waals surface area contributed by atoms with E-state index < -0.39 is 11.6 Å². The average molecular weight is 230 g/mol. The van der Waals surface area contributed by atoms with E-state index in [2.05, 4.69) is 0 Å². The molecule has 0 fully saturated rings. The topological polar surface area (TPSA) is 57.5 Å². The maximum atomic E-state index is 13.3. The summed E-state index contributed by atoms with van der Waals surface area (Å²) in [5, 5.41) is 17.5. The molecule has 1 aromatic carbocycles. The number of carboxylic acid groups (broad SMARTS) is 1. The second-order valence-electron chi connectivity index (χ2n) is 3.29. The number of alkyl halides is 1. The molecule has 0 spiro atoms. The van der Waals surface area contributed by atoms with Crippen LogP contribution in [0, 0.1) is 0 Å². The van der Waals surface area contributed by atoms with Crippen LogP contribution in [0.2, 0.25) is 0 Å². The van der Waals surface area contributed by atoms with Crippen LogP contribution in [0.1, 0.15) is 6.92 Å². The van der Waals surface area contributed by atoms with Gasteiger partial charge in [0.1, 0.15) is 5.75 Å². The third-order valence-electron chi connectivity index (χ3n) is 1.79. The number of rotatable bonds is 4. The minimum absolute atomic E-state index is 0.126. The Morgan fingerprint density at radius 2 is 2.00 bits per heavy atom. The zero-order valence-corrected chi connectivity index (χ0v) is 8.92. The quantitative estimate of drug-likeness (QED) is 0.779. The number of thioether (sulfide) groups is 1. The van der Waals surface area contributed by atoms with E-state index in [1.165, 1.54) is 12.1 Å². The molecule has 15 heavy (non-hydrogen) atoms. The zero-order valence-electron chi connectivity index (χ0n) is 8.11. The van der Waals surface area contributed by atoms with Gasteiger partial charge in [-0.25, -0.2) is 9.18 Å². The third kappa shape index (κ3) is 3.43. The number of phenolic OH excluding ortho intramolecular Hbond substituents is 1. The minimum atomic E-state index is -2.23. The molecule has 3 nitrogen and oxygen atoms in total. The van der Waals surface area contributed by atoms with Gasteiger partial charge in [-0.2, -0.15) is 0 Å². The summed E-state index contributed by atoms with van der Waals surface area (Å²) in [4.78, 5) is 11.2. The van der Waals surface area contributed by atoms with Gasteiger partial charge in [0, 0.05) is 10.6 Å². The fourth-order valence-electron chi connectivity index (χ4n) is 0.823. The maximum Gasteiger partial charge on any atom is 0.342 e. The monoisotopic (exact) mass is 230 g/mol. The molecule has 0 aromatic heterocycles. The molecule has 82 valence electrons. The van der Waals surface area contributed by atoms with E-state index in [-0.39, 0.29) is 11.5 Å². The molecule has 0 aliphatic carbocycles. The highest BCUT2D eigenvalue weighted by atomic mass is 32.2. The fourth-order valence-corrected chi connectivity index (χ4v) is 1.71. The van der Waals surface area contributed by atoms with Gasteiger partial charge in [-0.3, -0.25) is 0 Å². The number of aliphatic carboxylic acids is 1. The molecule has 0 saturated carbocycles. The number of phenols is 1. The van der Waals surface area contributed by atoms with Crippen LogP contribution in [0.3, 0.4) is 0 Å². The zero-order chi connectivity index (χ0) is 11.5. The number of aromatic hydroxyl groups is 1. The molecule has 0 bridgehead atoms. The van der Waals surface area contributed by atoms with Crippen LogP contribution in [-0.4, -0.2) is 27.6 Å². The van der Waals surface area contributed by atoms with Gasteiger partial charge in [0.05, 0.1) is 0 Å². The largest absolute Gasteiger partial charge is 0.508 e. The van der Waals surface area contributed by atoms with E-state index >= 15 is 0 Å². The summed E-state index contributed by atoms with van der Waals surface area (Å²) in [5.74, 6) is -1.50. The fraction of sp³-hybridized carbons (Fsp3) is 0.300. The summed E-state index contributed by atoms with van der Waals surface area (Å²) >= 11 is 1.10. The Balaban J connectivity index is 2.57. The Morgan fingerprint density at radius 3 is 2.47 bits per heavy atom. The molecular weight excluding hydrogens is 219 g/mol. The predicted molar refractivity (Wildman–Crippen MR) is 56.0 cm³/mol. The van der Waals surface area contributed by atoms with Gasteiger partial charge in [-0.05, 0) is 31.2 Å². The molecule has 1 aromatic rings. The van der Waals surface area contributed by atoms with Crippen molar-refractivity contribution in [1.29, 1.82) is 0 Å². The second kappa shape index (κ2) is 4.53. The van der Waals surface area contributed by atoms with Gasteiger partial charge in [-0.1, -0.05) is 0 Å². The van der Waals surface area contributed by atoms with Crippen LogP contribution in [0.15, 0.2) is 29.2 Å². The molecule has 0 saturated heterocycles. The molecule has 5 heteroatoms. The lowest BCUT2D eigenvalue weighted by Crippen LogP contribution is -2.32. The SMILES string of the molecule is CC(F)(CSc1ccc(O)cc1)C(=O)O. The Hall–Kier alpha value is -1.23. The Kier molecular flexibility index (Phi) is 3.57. The summed E-state index contributed by atoms with van der Waals surface area (Å²) in [5.41, 5.74) is -2.23. The molecule has 0 aliphatic heterocycles. The highest BCUT2D eigenvalue weighted by Gasteiger charge is 2.32. The third-order valence-corrected chi connectivity index (χ3v) is 3.08. The van der Waals surface area contributed by atoms with Crippen LogP contribution in [0.4, 0.5) is 4.39 Å². The van der Waals surface area contributed by atoms with Crippen molar-refractivity contribution in [1.82, 2.24) is 0 Å². The number of halogens is 1. The van der Waals surface area contributed by atoms with Crippen LogP contribution >= 0.6 is 11.8 Å². The summed E-state index contributed by atoms with van der Waals surface area (Å²) in [6.07, 6.45) is 0. The van der Waals surface area contributed by atoms with E-state index in [0.717, 1.165) is 23.6 Å². The summed E-state index contributed by atoms with van der Waals surface area (Å²) in [7, 11) is 0. The molecule has 1 rings (SSSR count). The molecule has 0 amide bonds. The Morgan fingerprint density at radius 1 is 1.47 bits per heavy atom. The minimum Gasteiger partial charge on any atom is -0.508 e. The second-order valence-corrected chi connectivity index (χ2v) is 4.33. The van der Waals surface area contributed by atoms with E-state index in [4.69, 9.17) is 10.2 Å². The van der Waals surface area contributed by atoms with Crippen molar-refractivity contribution in [3.63, 3.8) is 0 Å². The van der Waals surface area contributed by atoms with Crippen molar-refractivity contribution < 1.29 is 19.4 Å². The van der Waals surface area contributed by atoms with Gasteiger partial charge < -0.3 is 10.2 Å². The standard InChI is InChI=1S/C10H11FO3S/c1-10(11,9(13)14)6-15-8-4-2-7(12)3-5-8/h2-5,12H,6H2,1H3,(H,13,14). The first-order valence-corrected chi connectivity index (χ1v) is 5.24. The van der Waals surface area contributed by atoms with Crippen LogP contribution in [0.25, 0.3) is 0 Å². The molecule has 1 atom stereocenters. The van der Waals surface area contributed by atoms with E-state index in [1.54, 1.807) is 12.1 Å². The average Bonchev–Trinajstić information content (AvgIpc) is 2.17. The number of carboxylic acids is 1. The number of hydrogen-bond acceptors (Lipinski definition) is 3. The number of hydrogen-bond donors (Lipinski definition) is 2. The van der Waals surface area contributed by atoms with E-state index in [1.807, 2.05) is 0 Å². The highest BCUT2D eigenvalue weighted by Crippen LogP contribution is 2.26. The molecular formula is C10H11FO3S. The molecule has 0 aliphatic rings. The van der Waals surface area contributed by atoms with Crippen LogP contribution in [0.5, 0.6) is 5.75 Å². The number of benzene rings is 1. The van der Waals surface area contributed by atoms with Crippen molar-refractivity contribution in [2.75, 3.05) is 5.75 Å². The predicted octanol–water partition coefficient (Wildman–Crippen LogP) is 2.30. The first-order valence-electron chi connectivity index (χ1n) is 4.26. The van der Waals surface area contributed by atoms with E-state index in [9.17, 15) is 9.18 Å². The van der Waals surface area contributed by atoms with Gasteiger partial charge in [0.15, 0.2) is 0 Å². The van der Waals surface area contributed by atoms with Gasteiger partial charge >= 0.3 is 5.97 Å². The van der Waals surface area contributed by atoms with Crippen LogP contribution < -0.4 is 0 Å². The molecule has 2 N–H and O–H groups in total. The van der Waals surface area contributed by atoms with Gasteiger partial charge in [0.25, 0.3) is 0 Å². The smallest absolute Gasteiger partial charge is 0.342 e. The number of carbonyl (C=O) groups is 1. The normalized spacial score (nSPS) is 14.5. The van der Waals surface area contributed by atoms with Gasteiger partial charge in [-0.15, -0.1) is 11.8 Å². The highest BCUT2D eigenvalue weighted by molar-refractivity contribution is 7.99. The van der Waals surface area contributed by atoms with Crippen molar-refractivity contribution in [3.8, 4) is 5.75 Å². The van der Waals surface area contributed by atoms with Crippen molar-refractivity contribution >= 4 is 17.7 Å². The molecule has 1 unspecified atom stereocenters. The van der Waals surface area contributed by atoms with E-state index in [0.29, 0.717) is 0 Å². The first kappa shape index (κ1) is 11.8. The Bertz CT molecular complexity index is 348. The molecule has 0 radical (unpaired) electrons. The first-order chi connectivity index (χ1) is 6.92.